The van der Waals surface area contributed by atoms with E-state index in [1.165, 1.54) is 10.5 Å². The number of rotatable bonds is 4. The molecular weight excluding hydrogens is 333 g/mol. The van der Waals surface area contributed by atoms with Crippen molar-refractivity contribution in [2.24, 2.45) is 0 Å². The highest BCUT2D eigenvalue weighted by Crippen LogP contribution is 2.30. The topological polar surface area (TPSA) is 59.3 Å². The lowest BCUT2D eigenvalue weighted by atomic mass is 10.2. The fourth-order valence-electron chi connectivity index (χ4n) is 2.51. The van der Waals surface area contributed by atoms with Crippen LogP contribution in [0.5, 0.6) is 0 Å². The molecule has 8 heteroatoms. The molecule has 3 aromatic heterocycles. The maximum Gasteiger partial charge on any atom is 0.417 e. The lowest BCUT2D eigenvalue weighted by Crippen LogP contribution is -2.25. The Morgan fingerprint density at radius 3 is 2.56 bits per heavy atom. The van der Waals surface area contributed by atoms with Crippen LogP contribution in [0.15, 0.2) is 42.9 Å². The molecule has 5 nitrogen and oxygen atoms in total. The third kappa shape index (κ3) is 3.47. The zero-order valence-corrected chi connectivity index (χ0v) is 13.3. The van der Waals surface area contributed by atoms with Crippen LogP contribution in [0, 0.1) is 0 Å². The zero-order valence-electron chi connectivity index (χ0n) is 13.3. The second-order valence-corrected chi connectivity index (χ2v) is 5.44. The van der Waals surface area contributed by atoms with Crippen molar-refractivity contribution in [1.82, 2.24) is 19.7 Å². The first-order chi connectivity index (χ1) is 11.9. The van der Waals surface area contributed by atoms with Gasteiger partial charge in [0.1, 0.15) is 11.3 Å². The smallest absolute Gasteiger partial charge is 0.347 e. The number of alkyl halides is 3. The van der Waals surface area contributed by atoms with Crippen molar-refractivity contribution >= 4 is 11.6 Å². The van der Waals surface area contributed by atoms with Gasteiger partial charge in [-0.25, -0.2) is 4.98 Å². The number of nitrogens with zero attached hydrogens (tertiary/aromatic N) is 3. The van der Waals surface area contributed by atoms with E-state index in [-0.39, 0.29) is 12.2 Å². The monoisotopic (exact) mass is 348 g/mol. The van der Waals surface area contributed by atoms with Gasteiger partial charge in [0.15, 0.2) is 0 Å². The molecule has 3 rings (SSSR count). The molecule has 0 atom stereocenters. The Bertz CT molecular complexity index is 903. The summed E-state index contributed by atoms with van der Waals surface area (Å²) in [6.07, 6.45) is 0.0467. The van der Waals surface area contributed by atoms with E-state index < -0.39 is 17.6 Å². The number of fused-ring (bicyclic) bond motifs is 1. The first kappa shape index (κ1) is 16.9. The summed E-state index contributed by atoms with van der Waals surface area (Å²) < 4.78 is 40.1. The summed E-state index contributed by atoms with van der Waals surface area (Å²) in [5, 5.41) is 2.72. The molecule has 0 saturated carbocycles. The number of nitrogens with one attached hydrogen (secondary N) is 1. The van der Waals surface area contributed by atoms with Gasteiger partial charge in [-0.15, -0.1) is 0 Å². The van der Waals surface area contributed by atoms with Crippen molar-refractivity contribution in [2.45, 2.75) is 26.1 Å². The van der Waals surface area contributed by atoms with Gasteiger partial charge in [0.05, 0.1) is 11.3 Å². The molecular formula is C17H15F3N4O. The molecule has 0 saturated heterocycles. The predicted octanol–water partition coefficient (Wildman–Crippen LogP) is 3.24. The number of hydrogen-bond donors (Lipinski definition) is 1. The van der Waals surface area contributed by atoms with E-state index in [1.54, 1.807) is 31.5 Å². The molecule has 1 N–H and O–H groups in total. The average Bonchev–Trinajstić information content (AvgIpc) is 2.97. The second-order valence-electron chi connectivity index (χ2n) is 5.44. The first-order valence-electron chi connectivity index (χ1n) is 7.65. The van der Waals surface area contributed by atoms with Crippen molar-refractivity contribution in [3.8, 4) is 0 Å². The van der Waals surface area contributed by atoms with Crippen molar-refractivity contribution in [3.63, 3.8) is 0 Å². The van der Waals surface area contributed by atoms with Gasteiger partial charge < -0.3 is 5.32 Å². The highest BCUT2D eigenvalue weighted by molar-refractivity contribution is 5.94. The zero-order chi connectivity index (χ0) is 18.0. The van der Waals surface area contributed by atoms with Crippen LogP contribution in [0.4, 0.5) is 13.2 Å². The largest absolute Gasteiger partial charge is 0.417 e. The molecule has 3 heterocycles. The van der Waals surface area contributed by atoms with E-state index in [2.05, 4.69) is 15.3 Å². The van der Waals surface area contributed by atoms with E-state index in [0.29, 0.717) is 17.8 Å². The fraction of sp³-hybridized carbons (Fsp3) is 0.235. The van der Waals surface area contributed by atoms with Crippen molar-refractivity contribution in [1.29, 1.82) is 0 Å². The average molecular weight is 348 g/mol. The van der Waals surface area contributed by atoms with Gasteiger partial charge in [0, 0.05) is 25.1 Å². The van der Waals surface area contributed by atoms with Gasteiger partial charge in [-0.3, -0.25) is 14.2 Å². The molecule has 0 aliphatic carbocycles. The van der Waals surface area contributed by atoms with Crippen LogP contribution in [-0.4, -0.2) is 20.3 Å². The van der Waals surface area contributed by atoms with Gasteiger partial charge in [-0.2, -0.15) is 13.2 Å². The molecule has 130 valence electrons. The van der Waals surface area contributed by atoms with Crippen LogP contribution in [0.1, 0.15) is 34.2 Å². The molecule has 0 radical (unpaired) electrons. The van der Waals surface area contributed by atoms with Gasteiger partial charge in [-0.05, 0) is 36.2 Å². The molecule has 0 aromatic carbocycles. The van der Waals surface area contributed by atoms with Crippen molar-refractivity contribution in [2.75, 3.05) is 0 Å². The van der Waals surface area contributed by atoms with Crippen LogP contribution >= 0.6 is 0 Å². The summed E-state index contributed by atoms with van der Waals surface area (Å²) in [7, 11) is 0. The van der Waals surface area contributed by atoms with Crippen LogP contribution < -0.4 is 5.32 Å². The molecule has 0 bridgehead atoms. The number of aromatic nitrogens is 3. The fourth-order valence-corrected chi connectivity index (χ4v) is 2.51. The van der Waals surface area contributed by atoms with Gasteiger partial charge in [-0.1, -0.05) is 6.92 Å². The summed E-state index contributed by atoms with van der Waals surface area (Å²) in [6.45, 7) is 2.04. The molecule has 25 heavy (non-hydrogen) atoms. The number of imidazole rings is 1. The van der Waals surface area contributed by atoms with E-state index in [1.807, 2.05) is 0 Å². The van der Waals surface area contributed by atoms with Crippen molar-refractivity contribution < 1.29 is 18.0 Å². The second kappa shape index (κ2) is 6.54. The number of aryl methyl sites for hydroxylation is 1. The van der Waals surface area contributed by atoms with E-state index >= 15 is 0 Å². The maximum atomic E-state index is 13.0. The highest BCUT2D eigenvalue weighted by atomic mass is 19.4. The van der Waals surface area contributed by atoms with Crippen LogP contribution in [0.3, 0.4) is 0 Å². The Morgan fingerprint density at radius 1 is 1.20 bits per heavy atom. The Hall–Kier alpha value is -2.90. The Kier molecular flexibility index (Phi) is 4.43. The predicted molar refractivity (Wildman–Crippen MR) is 85.0 cm³/mol. The number of carbonyl (C=O) groups excluding carboxylic acids is 1. The summed E-state index contributed by atoms with van der Waals surface area (Å²) in [5.41, 5.74) is 0.887. The Morgan fingerprint density at radius 2 is 1.92 bits per heavy atom. The Labute approximate surface area is 141 Å². The molecule has 3 aromatic rings. The van der Waals surface area contributed by atoms with E-state index in [9.17, 15) is 18.0 Å². The highest BCUT2D eigenvalue weighted by Gasteiger charge is 2.31. The summed E-state index contributed by atoms with van der Waals surface area (Å²) in [5.74, 6) is -0.472. The van der Waals surface area contributed by atoms with Crippen molar-refractivity contribution in [3.05, 3.63) is 65.4 Å². The lowest BCUT2D eigenvalue weighted by Gasteiger charge is -2.09. The SMILES string of the molecule is CCc1nc2ccc(C(F)(F)F)cn2c1C(=O)NCc1ccncc1. The molecule has 0 unspecified atom stereocenters. The first-order valence-corrected chi connectivity index (χ1v) is 7.65. The van der Waals surface area contributed by atoms with Gasteiger partial charge >= 0.3 is 6.18 Å². The third-order valence-electron chi connectivity index (χ3n) is 3.77. The molecule has 0 spiro atoms. The number of amides is 1. The normalized spacial score (nSPS) is 11.7. The van der Waals surface area contributed by atoms with Gasteiger partial charge in [0.2, 0.25) is 0 Å². The summed E-state index contributed by atoms with van der Waals surface area (Å²) >= 11 is 0. The minimum Gasteiger partial charge on any atom is -0.347 e. The molecule has 0 aliphatic heterocycles. The maximum absolute atomic E-state index is 13.0. The number of halogens is 3. The Balaban J connectivity index is 1.96. The van der Waals surface area contributed by atoms with Crippen LogP contribution in [0.25, 0.3) is 5.65 Å². The summed E-state index contributed by atoms with van der Waals surface area (Å²) in [4.78, 5) is 20.7. The number of hydrogen-bond acceptors (Lipinski definition) is 3. The number of pyridine rings is 2. The third-order valence-corrected chi connectivity index (χ3v) is 3.77. The lowest BCUT2D eigenvalue weighted by molar-refractivity contribution is -0.137. The van der Waals surface area contributed by atoms with Crippen LogP contribution in [-0.2, 0) is 19.1 Å². The van der Waals surface area contributed by atoms with Gasteiger partial charge in [0.25, 0.3) is 5.91 Å². The molecule has 0 fully saturated rings. The van der Waals surface area contributed by atoms with E-state index in [0.717, 1.165) is 17.8 Å². The molecule has 1 amide bonds. The quantitative estimate of drug-likeness (QED) is 0.787. The minimum atomic E-state index is -4.49. The summed E-state index contributed by atoms with van der Waals surface area (Å²) in [6, 6.07) is 5.72. The number of carbonyl (C=O) groups is 1. The standard InChI is InChI=1S/C17H15F3N4O/c1-2-13-15(16(25)22-9-11-5-7-21-8-6-11)24-10-12(17(18,19)20)3-4-14(24)23-13/h3-8,10H,2,9H2,1H3,(H,22,25). The van der Waals surface area contributed by atoms with Crippen LogP contribution in [0.2, 0.25) is 0 Å². The van der Waals surface area contributed by atoms with E-state index in [4.69, 9.17) is 0 Å². The minimum absolute atomic E-state index is 0.123. The molecule has 0 aliphatic rings.